The van der Waals surface area contributed by atoms with Crippen molar-refractivity contribution in [1.82, 2.24) is 14.3 Å². The number of fused-ring (bicyclic) bond motifs is 1. The molecule has 27 heavy (non-hydrogen) atoms. The molecule has 0 radical (unpaired) electrons. The predicted molar refractivity (Wildman–Crippen MR) is 109 cm³/mol. The monoisotopic (exact) mass is 365 g/mol. The number of pyridine rings is 1. The molecule has 0 bridgehead atoms. The van der Waals surface area contributed by atoms with Gasteiger partial charge in [-0.1, -0.05) is 38.1 Å². The Labute approximate surface area is 158 Å². The smallest absolute Gasteiger partial charge is 0.263 e. The average Bonchev–Trinajstić information content (AvgIpc) is 3.10. The van der Waals surface area contributed by atoms with Crippen LogP contribution in [-0.2, 0) is 7.05 Å². The summed E-state index contributed by atoms with van der Waals surface area (Å²) in [5, 5.41) is 5.63. The summed E-state index contributed by atoms with van der Waals surface area (Å²) in [4.78, 5) is 13.3. The number of aromatic nitrogens is 3. The lowest BCUT2D eigenvalue weighted by molar-refractivity contribution is 0.584. The van der Waals surface area contributed by atoms with E-state index in [0.717, 1.165) is 22.2 Å². The van der Waals surface area contributed by atoms with Crippen molar-refractivity contribution < 1.29 is 4.39 Å². The van der Waals surface area contributed by atoms with E-state index in [2.05, 4.69) is 5.10 Å². The van der Waals surface area contributed by atoms with Crippen molar-refractivity contribution in [2.24, 2.45) is 7.05 Å². The highest BCUT2D eigenvalue weighted by Gasteiger charge is 2.17. The summed E-state index contributed by atoms with van der Waals surface area (Å²) in [6.45, 7) is 5.83. The van der Waals surface area contributed by atoms with Crippen LogP contribution in [0.3, 0.4) is 0 Å². The molecule has 2 aromatic heterocycles. The first-order chi connectivity index (χ1) is 13.1. The van der Waals surface area contributed by atoms with Crippen molar-refractivity contribution in [3.05, 3.63) is 70.7 Å². The lowest BCUT2D eigenvalue weighted by atomic mass is 10.0. The zero-order valence-electron chi connectivity index (χ0n) is 16.2. The van der Waals surface area contributed by atoms with Gasteiger partial charge in [-0.15, -0.1) is 0 Å². The highest BCUT2D eigenvalue weighted by Crippen LogP contribution is 2.29. The quantitative estimate of drug-likeness (QED) is 0.624. The molecule has 0 spiro atoms. The molecule has 140 valence electrons. The Morgan fingerprint density at radius 1 is 1.22 bits per heavy atom. The highest BCUT2D eigenvalue weighted by molar-refractivity contribution is 5.96. The fourth-order valence-electron chi connectivity index (χ4n) is 3.41. The van der Waals surface area contributed by atoms with Gasteiger partial charge in [0.15, 0.2) is 0 Å². The van der Waals surface area contributed by atoms with Crippen LogP contribution in [0.1, 0.15) is 32.4 Å². The van der Waals surface area contributed by atoms with Crippen molar-refractivity contribution in [3.8, 4) is 11.1 Å². The molecule has 2 heterocycles. The molecule has 0 saturated heterocycles. The molecule has 0 aliphatic heterocycles. The van der Waals surface area contributed by atoms with Crippen molar-refractivity contribution in [3.63, 3.8) is 0 Å². The van der Waals surface area contributed by atoms with Crippen LogP contribution >= 0.6 is 0 Å². The van der Waals surface area contributed by atoms with Crippen LogP contribution in [0, 0.1) is 6.92 Å². The van der Waals surface area contributed by atoms with Crippen LogP contribution in [0.15, 0.2) is 59.4 Å². The zero-order valence-corrected chi connectivity index (χ0v) is 16.2. The van der Waals surface area contributed by atoms with Crippen LogP contribution in [0.25, 0.3) is 27.6 Å². The maximum Gasteiger partial charge on any atom is 0.263 e. The predicted octanol–water partition coefficient (Wildman–Crippen LogP) is 5.22. The number of rotatable bonds is 2. The summed E-state index contributed by atoms with van der Waals surface area (Å²) in [5.41, 5.74) is 2.54. The number of benzene rings is 1. The third kappa shape index (κ3) is 3.37. The minimum atomic E-state index is -0.245. The molecular weight excluding hydrogens is 341 g/mol. The van der Waals surface area contributed by atoms with Gasteiger partial charge in [-0.05, 0) is 36.4 Å². The van der Waals surface area contributed by atoms with E-state index in [9.17, 15) is 9.18 Å². The fourth-order valence-corrected chi connectivity index (χ4v) is 3.41. The van der Waals surface area contributed by atoms with Gasteiger partial charge in [-0.2, -0.15) is 5.10 Å². The maximum atomic E-state index is 14.4. The van der Waals surface area contributed by atoms with Gasteiger partial charge < -0.3 is 0 Å². The van der Waals surface area contributed by atoms with E-state index in [-0.39, 0.29) is 11.4 Å². The van der Waals surface area contributed by atoms with E-state index in [0.29, 0.717) is 23.9 Å². The first-order valence-electron chi connectivity index (χ1n) is 9.26. The molecule has 0 unspecified atom stereocenters. The van der Waals surface area contributed by atoms with Gasteiger partial charge in [0.1, 0.15) is 5.83 Å². The number of hydrogen-bond donors (Lipinski definition) is 0. The topological polar surface area (TPSA) is 39.8 Å². The second-order valence-electron chi connectivity index (χ2n) is 6.33. The van der Waals surface area contributed by atoms with Crippen molar-refractivity contribution >= 4 is 16.5 Å². The molecule has 0 amide bonds. The van der Waals surface area contributed by atoms with Crippen molar-refractivity contribution in [2.75, 3.05) is 0 Å². The minimum absolute atomic E-state index is 0.203. The summed E-state index contributed by atoms with van der Waals surface area (Å²) in [7, 11) is 1.84. The molecule has 4 nitrogen and oxygen atoms in total. The third-order valence-electron chi connectivity index (χ3n) is 4.57. The van der Waals surface area contributed by atoms with E-state index >= 15 is 0 Å². The van der Waals surface area contributed by atoms with Gasteiger partial charge in [0.2, 0.25) is 0 Å². The lowest BCUT2D eigenvalue weighted by Gasteiger charge is -2.17. The van der Waals surface area contributed by atoms with Crippen LogP contribution < -0.4 is 5.56 Å². The van der Waals surface area contributed by atoms with Gasteiger partial charge in [-0.25, -0.2) is 4.39 Å². The Hall–Kier alpha value is -2.95. The zero-order chi connectivity index (χ0) is 19.6. The molecular formula is C22H24FN3O. The Balaban J connectivity index is 0.00000102. The van der Waals surface area contributed by atoms with Crippen molar-refractivity contribution in [1.29, 1.82) is 0 Å². The number of halogens is 1. The highest BCUT2D eigenvalue weighted by atomic mass is 19.1. The van der Waals surface area contributed by atoms with Crippen LogP contribution in [-0.4, -0.2) is 14.3 Å². The standard InChI is InChI=1S/C20H18FN3O.C2H6/c1-13-10-14-6-5-7-16(15-11-22-23(2)12-15)19(14)20(25)24(13)18-9-4-3-8-17(18)21;1-2/h4-7,9-12H,3,8H2,1-2H3;1-2H3. The Bertz CT molecular complexity index is 1100. The first kappa shape index (κ1) is 18.8. The van der Waals surface area contributed by atoms with E-state index < -0.39 is 0 Å². The molecule has 3 aromatic rings. The summed E-state index contributed by atoms with van der Waals surface area (Å²) in [6.07, 6.45) is 8.21. The number of allylic oxidation sites excluding steroid dienone is 4. The Morgan fingerprint density at radius 3 is 2.67 bits per heavy atom. The molecule has 1 aromatic carbocycles. The van der Waals surface area contributed by atoms with Crippen LogP contribution in [0.4, 0.5) is 4.39 Å². The second-order valence-corrected chi connectivity index (χ2v) is 6.33. The third-order valence-corrected chi connectivity index (χ3v) is 4.57. The minimum Gasteiger partial charge on any atom is -0.278 e. The van der Waals surface area contributed by atoms with E-state index in [1.165, 1.54) is 4.57 Å². The molecule has 5 heteroatoms. The van der Waals surface area contributed by atoms with E-state index in [1.54, 1.807) is 17.0 Å². The summed E-state index contributed by atoms with van der Waals surface area (Å²) < 4.78 is 17.6. The normalized spacial score (nSPS) is 13.7. The van der Waals surface area contributed by atoms with Gasteiger partial charge >= 0.3 is 0 Å². The molecule has 0 saturated carbocycles. The molecule has 4 rings (SSSR count). The molecule has 0 fully saturated rings. The summed E-state index contributed by atoms with van der Waals surface area (Å²) in [5.74, 6) is -0.245. The molecule has 1 aliphatic rings. The van der Waals surface area contributed by atoms with E-state index in [1.807, 2.05) is 64.4 Å². The fraction of sp³-hybridized carbons (Fsp3) is 0.273. The molecule has 0 N–H and O–H groups in total. The maximum absolute atomic E-state index is 14.4. The molecule has 0 atom stereocenters. The number of aryl methyl sites for hydroxylation is 2. The van der Waals surface area contributed by atoms with E-state index in [4.69, 9.17) is 0 Å². The van der Waals surface area contributed by atoms with Gasteiger partial charge in [0.05, 0.1) is 17.3 Å². The number of hydrogen-bond acceptors (Lipinski definition) is 2. The first-order valence-corrected chi connectivity index (χ1v) is 9.26. The Kier molecular flexibility index (Phi) is 5.40. The number of nitrogens with zero attached hydrogens (tertiary/aromatic N) is 3. The molecule has 1 aliphatic carbocycles. The summed E-state index contributed by atoms with van der Waals surface area (Å²) >= 11 is 0. The SMILES string of the molecule is CC.Cc1cc2cccc(-c3cnn(C)c3)c2c(=O)n1C1=C(F)CCC=C1. The van der Waals surface area contributed by atoms with Gasteiger partial charge in [0, 0.05) is 30.9 Å². The van der Waals surface area contributed by atoms with Gasteiger partial charge in [0.25, 0.3) is 5.56 Å². The summed E-state index contributed by atoms with van der Waals surface area (Å²) in [6, 6.07) is 7.67. The largest absolute Gasteiger partial charge is 0.278 e. The average molecular weight is 365 g/mol. The van der Waals surface area contributed by atoms with Crippen LogP contribution in [0.2, 0.25) is 0 Å². The van der Waals surface area contributed by atoms with Crippen LogP contribution in [0.5, 0.6) is 0 Å². The second kappa shape index (κ2) is 7.74. The van der Waals surface area contributed by atoms with Gasteiger partial charge in [-0.3, -0.25) is 14.0 Å². The van der Waals surface area contributed by atoms with Crippen molar-refractivity contribution in [2.45, 2.75) is 33.6 Å². The Morgan fingerprint density at radius 2 is 2.00 bits per heavy atom. The lowest BCUT2D eigenvalue weighted by Crippen LogP contribution is -2.23.